The lowest BCUT2D eigenvalue weighted by atomic mass is 10.00. The lowest BCUT2D eigenvalue weighted by Gasteiger charge is -2.16. The number of amides is 2. The predicted molar refractivity (Wildman–Crippen MR) is 109 cm³/mol. The minimum atomic E-state index is -0.491. The molecular formula is C21H17FN6O4. The normalized spacial score (nSPS) is 21.5. The lowest BCUT2D eigenvalue weighted by molar-refractivity contribution is 0.117. The number of fused-ring (bicyclic) bond motifs is 3. The monoisotopic (exact) mass is 436 g/mol. The van der Waals surface area contributed by atoms with Crippen LogP contribution in [0, 0.1) is 5.82 Å². The van der Waals surface area contributed by atoms with Crippen molar-refractivity contribution in [1.82, 2.24) is 20.0 Å². The maximum absolute atomic E-state index is 15.1. The van der Waals surface area contributed by atoms with Gasteiger partial charge in [0, 0.05) is 23.5 Å². The van der Waals surface area contributed by atoms with Gasteiger partial charge in [-0.1, -0.05) is 5.21 Å². The number of nitrogens with zero attached hydrogens (tertiary/aromatic N) is 6. The van der Waals surface area contributed by atoms with Crippen molar-refractivity contribution >= 4 is 23.7 Å². The molecule has 3 aromatic rings. The van der Waals surface area contributed by atoms with E-state index in [0.717, 1.165) is 5.56 Å². The van der Waals surface area contributed by atoms with Gasteiger partial charge in [-0.05, 0) is 36.2 Å². The number of hydrogen-bond donors (Lipinski definition) is 0. The van der Waals surface area contributed by atoms with E-state index in [-0.39, 0.29) is 6.04 Å². The van der Waals surface area contributed by atoms with Gasteiger partial charge in [-0.25, -0.2) is 23.6 Å². The molecule has 3 aliphatic heterocycles. The van der Waals surface area contributed by atoms with Crippen molar-refractivity contribution in [3.8, 4) is 11.1 Å². The Kier molecular flexibility index (Phi) is 4.10. The van der Waals surface area contributed by atoms with Gasteiger partial charge < -0.3 is 9.47 Å². The molecule has 2 aromatic heterocycles. The predicted octanol–water partition coefficient (Wildman–Crippen LogP) is 2.39. The number of halogens is 1. The highest BCUT2D eigenvalue weighted by Crippen LogP contribution is 2.42. The first-order valence-corrected chi connectivity index (χ1v) is 10.2. The van der Waals surface area contributed by atoms with E-state index in [4.69, 9.17) is 9.47 Å². The molecule has 0 unspecified atom stereocenters. The van der Waals surface area contributed by atoms with Gasteiger partial charge in [0.05, 0.1) is 31.0 Å². The Labute approximate surface area is 181 Å². The van der Waals surface area contributed by atoms with Gasteiger partial charge in [-0.3, -0.25) is 9.80 Å². The molecule has 11 heteroatoms. The molecule has 0 spiro atoms. The first-order chi connectivity index (χ1) is 15.6. The van der Waals surface area contributed by atoms with Gasteiger partial charge >= 0.3 is 12.2 Å². The Balaban J connectivity index is 1.28. The molecule has 32 heavy (non-hydrogen) atoms. The van der Waals surface area contributed by atoms with E-state index in [1.165, 1.54) is 22.1 Å². The maximum atomic E-state index is 15.1. The number of cyclic esters (lactones) is 2. The number of rotatable bonds is 4. The number of aromatic nitrogens is 4. The highest BCUT2D eigenvalue weighted by atomic mass is 19.1. The van der Waals surface area contributed by atoms with E-state index >= 15 is 4.39 Å². The molecule has 0 saturated carbocycles. The van der Waals surface area contributed by atoms with Crippen molar-refractivity contribution in [1.29, 1.82) is 0 Å². The fourth-order valence-corrected chi connectivity index (χ4v) is 4.49. The lowest BCUT2D eigenvalue weighted by Crippen LogP contribution is -2.35. The number of anilines is 2. The van der Waals surface area contributed by atoms with Crippen LogP contribution in [0.25, 0.3) is 11.1 Å². The van der Waals surface area contributed by atoms with Crippen LogP contribution in [-0.4, -0.2) is 57.5 Å². The van der Waals surface area contributed by atoms with Crippen molar-refractivity contribution in [3.63, 3.8) is 0 Å². The largest absolute Gasteiger partial charge is 0.447 e. The van der Waals surface area contributed by atoms with E-state index in [9.17, 15) is 9.59 Å². The van der Waals surface area contributed by atoms with E-state index in [2.05, 4.69) is 15.3 Å². The molecule has 0 aliphatic carbocycles. The molecule has 3 aliphatic rings. The van der Waals surface area contributed by atoms with Crippen LogP contribution in [0.1, 0.15) is 5.56 Å². The molecule has 10 nitrogen and oxygen atoms in total. The van der Waals surface area contributed by atoms with Crippen molar-refractivity contribution in [2.45, 2.75) is 25.1 Å². The number of carbonyl (C=O) groups excluding carboxylic acids is 2. The van der Waals surface area contributed by atoms with Crippen LogP contribution in [-0.2, 0) is 22.4 Å². The molecule has 1 aromatic carbocycles. The summed E-state index contributed by atoms with van der Waals surface area (Å²) in [6, 6.07) is 6.27. The summed E-state index contributed by atoms with van der Waals surface area (Å²) in [5.74, 6) is -0.00998. The Morgan fingerprint density at radius 2 is 2.09 bits per heavy atom. The van der Waals surface area contributed by atoms with Crippen molar-refractivity contribution in [2.75, 3.05) is 23.0 Å². The number of pyridine rings is 1. The van der Waals surface area contributed by atoms with Gasteiger partial charge in [0.2, 0.25) is 0 Å². The Hall–Kier alpha value is -4.02. The number of benzene rings is 1. The van der Waals surface area contributed by atoms with Crippen LogP contribution in [0.15, 0.2) is 42.9 Å². The van der Waals surface area contributed by atoms with Gasteiger partial charge in [0.1, 0.15) is 24.3 Å². The van der Waals surface area contributed by atoms with Crippen molar-refractivity contribution in [3.05, 3.63) is 54.2 Å². The van der Waals surface area contributed by atoms with Gasteiger partial charge in [-0.15, -0.1) is 5.10 Å². The molecule has 0 bridgehead atoms. The van der Waals surface area contributed by atoms with Crippen LogP contribution in [0.5, 0.6) is 0 Å². The second-order valence-corrected chi connectivity index (χ2v) is 7.82. The summed E-state index contributed by atoms with van der Waals surface area (Å²) in [6.45, 7) is 1.13. The SMILES string of the molecule is O=C1OCCN1c1ccc(-c2cc3c(cc2F)N2C(=O)O[C@@H](Cn4ccnn4)[C@@H]2C3)cn1. The topological polar surface area (TPSA) is 103 Å². The molecule has 2 atom stereocenters. The van der Waals surface area contributed by atoms with Crippen LogP contribution >= 0.6 is 0 Å². The zero-order valence-electron chi connectivity index (χ0n) is 16.7. The molecule has 5 heterocycles. The Bertz CT molecular complexity index is 1220. The smallest absolute Gasteiger partial charge is 0.415 e. The average molecular weight is 436 g/mol. The Morgan fingerprint density at radius 1 is 1.19 bits per heavy atom. The molecule has 2 amide bonds. The van der Waals surface area contributed by atoms with Crippen molar-refractivity contribution < 1.29 is 23.5 Å². The molecule has 2 fully saturated rings. The summed E-state index contributed by atoms with van der Waals surface area (Å²) >= 11 is 0. The molecule has 0 N–H and O–H groups in total. The standard InChI is InChI=1S/C21H17FN6O4/c22-15-9-16-13(8-17-18(32-21(30)28(16)17)11-26-4-3-24-25-26)7-14(15)12-1-2-19(23-10-12)27-5-6-31-20(27)29/h1-4,7,9-10,17-18H,5-6,8,11H2/t17-,18-/m0/s1. The maximum Gasteiger partial charge on any atom is 0.415 e. The number of ether oxygens (including phenoxy) is 2. The number of carbonyl (C=O) groups is 2. The van der Waals surface area contributed by atoms with Crippen molar-refractivity contribution in [2.24, 2.45) is 0 Å². The number of hydrogen-bond acceptors (Lipinski definition) is 7. The van der Waals surface area contributed by atoms with Crippen LogP contribution in [0.3, 0.4) is 0 Å². The molecule has 6 rings (SSSR count). The third-order valence-corrected chi connectivity index (χ3v) is 6.00. The summed E-state index contributed by atoms with van der Waals surface area (Å²) in [6.07, 6.45) is 3.99. The quantitative estimate of drug-likeness (QED) is 0.619. The fraction of sp³-hybridized carbons (Fsp3) is 0.286. The van der Waals surface area contributed by atoms with Crippen LogP contribution in [0.2, 0.25) is 0 Å². The third-order valence-electron chi connectivity index (χ3n) is 6.00. The zero-order chi connectivity index (χ0) is 21.8. The summed E-state index contributed by atoms with van der Waals surface area (Å²) in [7, 11) is 0. The summed E-state index contributed by atoms with van der Waals surface area (Å²) in [5.41, 5.74) is 2.34. The summed E-state index contributed by atoms with van der Waals surface area (Å²) in [5, 5.41) is 7.71. The highest BCUT2D eigenvalue weighted by Gasteiger charge is 2.48. The fourth-order valence-electron chi connectivity index (χ4n) is 4.49. The van der Waals surface area contributed by atoms with E-state index in [1.54, 1.807) is 35.3 Å². The average Bonchev–Trinajstić information content (AvgIpc) is 3.56. The van der Waals surface area contributed by atoms with E-state index in [1.807, 2.05) is 0 Å². The summed E-state index contributed by atoms with van der Waals surface area (Å²) < 4.78 is 27.1. The van der Waals surface area contributed by atoms with Gasteiger partial charge in [-0.2, -0.15) is 0 Å². The minimum Gasteiger partial charge on any atom is -0.447 e. The zero-order valence-corrected chi connectivity index (χ0v) is 16.7. The second kappa shape index (κ2) is 7.01. The summed E-state index contributed by atoms with van der Waals surface area (Å²) in [4.78, 5) is 31.5. The van der Waals surface area contributed by atoms with E-state index in [0.29, 0.717) is 48.7 Å². The van der Waals surface area contributed by atoms with Gasteiger partial charge in [0.15, 0.2) is 0 Å². The molecule has 2 saturated heterocycles. The second-order valence-electron chi connectivity index (χ2n) is 7.82. The molecule has 0 radical (unpaired) electrons. The van der Waals surface area contributed by atoms with Crippen LogP contribution < -0.4 is 9.80 Å². The Morgan fingerprint density at radius 3 is 2.81 bits per heavy atom. The first kappa shape index (κ1) is 18.7. The third kappa shape index (κ3) is 2.88. The van der Waals surface area contributed by atoms with Crippen LogP contribution in [0.4, 0.5) is 25.5 Å². The highest BCUT2D eigenvalue weighted by molar-refractivity contribution is 5.94. The van der Waals surface area contributed by atoms with Gasteiger partial charge in [0.25, 0.3) is 0 Å². The van der Waals surface area contributed by atoms with E-state index < -0.39 is 24.1 Å². The molecule has 162 valence electrons. The molecular weight excluding hydrogens is 419 g/mol. The minimum absolute atomic E-state index is 0.238. The first-order valence-electron chi connectivity index (χ1n) is 10.2.